The molecule has 0 aliphatic carbocycles. The fourth-order valence-electron chi connectivity index (χ4n) is 3.37. The first-order chi connectivity index (χ1) is 9.70. The molecule has 0 amide bonds. The molecule has 0 atom stereocenters. The number of aromatic nitrogens is 2. The number of H-pyrrole nitrogens is 1. The highest BCUT2D eigenvalue weighted by molar-refractivity contribution is 7.71. The third-order valence-corrected chi connectivity index (χ3v) is 4.72. The SMILES string of the molecule is CCCN1CCC(n2c(=S)[nH]c3c(C)cccc32)CC1. The van der Waals surface area contributed by atoms with Crippen LogP contribution in [0.25, 0.3) is 11.0 Å². The zero-order valence-electron chi connectivity index (χ0n) is 12.4. The van der Waals surface area contributed by atoms with E-state index in [1.54, 1.807) is 0 Å². The molecule has 1 aromatic heterocycles. The van der Waals surface area contributed by atoms with Gasteiger partial charge in [-0.1, -0.05) is 19.1 Å². The summed E-state index contributed by atoms with van der Waals surface area (Å²) in [7, 11) is 0. The number of aryl methyl sites for hydroxylation is 1. The first-order valence-electron chi connectivity index (χ1n) is 7.63. The molecule has 1 N–H and O–H groups in total. The molecule has 1 saturated heterocycles. The van der Waals surface area contributed by atoms with Gasteiger partial charge < -0.3 is 14.5 Å². The Morgan fingerprint density at radius 1 is 1.30 bits per heavy atom. The van der Waals surface area contributed by atoms with Crippen molar-refractivity contribution in [3.05, 3.63) is 28.5 Å². The zero-order valence-corrected chi connectivity index (χ0v) is 13.2. The third-order valence-electron chi connectivity index (χ3n) is 4.42. The molecule has 0 radical (unpaired) electrons. The molecule has 3 nitrogen and oxygen atoms in total. The van der Waals surface area contributed by atoms with E-state index in [0.29, 0.717) is 6.04 Å². The van der Waals surface area contributed by atoms with Gasteiger partial charge in [0, 0.05) is 19.1 Å². The van der Waals surface area contributed by atoms with Crippen molar-refractivity contribution in [2.45, 2.75) is 39.2 Å². The summed E-state index contributed by atoms with van der Waals surface area (Å²) in [6.07, 6.45) is 3.65. The van der Waals surface area contributed by atoms with Gasteiger partial charge in [-0.2, -0.15) is 0 Å². The van der Waals surface area contributed by atoms with Crippen molar-refractivity contribution < 1.29 is 0 Å². The normalized spacial score (nSPS) is 17.9. The monoisotopic (exact) mass is 289 g/mol. The van der Waals surface area contributed by atoms with Gasteiger partial charge in [-0.05, 0) is 56.6 Å². The number of rotatable bonds is 3. The van der Waals surface area contributed by atoms with Crippen LogP contribution in [0.2, 0.25) is 0 Å². The predicted molar refractivity (Wildman–Crippen MR) is 86.9 cm³/mol. The largest absolute Gasteiger partial charge is 0.330 e. The number of imidazole rings is 1. The van der Waals surface area contributed by atoms with Crippen LogP contribution in [0.1, 0.15) is 37.8 Å². The molecule has 1 aliphatic rings. The summed E-state index contributed by atoms with van der Waals surface area (Å²) in [5.41, 5.74) is 3.74. The van der Waals surface area contributed by atoms with Gasteiger partial charge in [0.25, 0.3) is 0 Å². The lowest BCUT2D eigenvalue weighted by Gasteiger charge is -2.32. The standard InChI is InChI=1S/C16H23N3S/c1-3-9-18-10-7-13(8-11-18)19-14-6-4-5-12(2)15(14)17-16(19)20/h4-6,13H,3,7-11H2,1-2H3,(H,17,20). The molecule has 3 rings (SSSR count). The maximum atomic E-state index is 5.57. The van der Waals surface area contributed by atoms with Crippen molar-refractivity contribution in [3.8, 4) is 0 Å². The predicted octanol–water partition coefficient (Wildman–Crippen LogP) is 4.05. The van der Waals surface area contributed by atoms with E-state index in [-0.39, 0.29) is 0 Å². The molecule has 0 saturated carbocycles. The van der Waals surface area contributed by atoms with E-state index in [2.05, 4.69) is 46.5 Å². The number of nitrogens with one attached hydrogen (secondary N) is 1. The first kappa shape index (κ1) is 13.8. The average Bonchev–Trinajstić information content (AvgIpc) is 2.78. The van der Waals surface area contributed by atoms with Gasteiger partial charge in [0.05, 0.1) is 11.0 Å². The van der Waals surface area contributed by atoms with Gasteiger partial charge >= 0.3 is 0 Å². The molecule has 0 unspecified atom stereocenters. The molecule has 4 heteroatoms. The zero-order chi connectivity index (χ0) is 14.1. The van der Waals surface area contributed by atoms with E-state index in [1.807, 2.05) is 0 Å². The molecule has 20 heavy (non-hydrogen) atoms. The molecule has 0 bridgehead atoms. The lowest BCUT2D eigenvalue weighted by atomic mass is 10.0. The second-order valence-electron chi connectivity index (χ2n) is 5.84. The van der Waals surface area contributed by atoms with Crippen LogP contribution in [0.4, 0.5) is 0 Å². The Morgan fingerprint density at radius 3 is 2.75 bits per heavy atom. The number of hydrogen-bond donors (Lipinski definition) is 1. The van der Waals surface area contributed by atoms with Crippen LogP contribution < -0.4 is 0 Å². The number of fused-ring (bicyclic) bond motifs is 1. The van der Waals surface area contributed by atoms with Crippen molar-refractivity contribution in [3.63, 3.8) is 0 Å². The summed E-state index contributed by atoms with van der Waals surface area (Å²) in [5, 5.41) is 0. The van der Waals surface area contributed by atoms with Gasteiger partial charge in [0.1, 0.15) is 0 Å². The summed E-state index contributed by atoms with van der Waals surface area (Å²) in [4.78, 5) is 5.96. The molecule has 1 aliphatic heterocycles. The van der Waals surface area contributed by atoms with Crippen molar-refractivity contribution >= 4 is 23.3 Å². The maximum Gasteiger partial charge on any atom is 0.178 e. The summed E-state index contributed by atoms with van der Waals surface area (Å²) in [6, 6.07) is 7.00. The van der Waals surface area contributed by atoms with E-state index in [9.17, 15) is 0 Å². The van der Waals surface area contributed by atoms with Crippen LogP contribution in [0, 0.1) is 11.7 Å². The molecule has 108 valence electrons. The number of likely N-dealkylation sites (tertiary alicyclic amines) is 1. The van der Waals surface area contributed by atoms with Crippen LogP contribution >= 0.6 is 12.2 Å². The maximum absolute atomic E-state index is 5.57. The summed E-state index contributed by atoms with van der Waals surface area (Å²) < 4.78 is 3.23. The number of nitrogens with zero attached hydrogens (tertiary/aromatic N) is 2. The van der Waals surface area contributed by atoms with Gasteiger partial charge in [-0.15, -0.1) is 0 Å². The number of hydrogen-bond acceptors (Lipinski definition) is 2. The van der Waals surface area contributed by atoms with Gasteiger partial charge in [0.15, 0.2) is 4.77 Å². The van der Waals surface area contributed by atoms with Crippen LogP contribution in [-0.4, -0.2) is 34.1 Å². The van der Waals surface area contributed by atoms with Gasteiger partial charge in [-0.3, -0.25) is 0 Å². The fraction of sp³-hybridized carbons (Fsp3) is 0.562. The molecule has 2 heterocycles. The minimum atomic E-state index is 0.547. The minimum absolute atomic E-state index is 0.547. The second-order valence-corrected chi connectivity index (χ2v) is 6.23. The highest BCUT2D eigenvalue weighted by Gasteiger charge is 2.22. The van der Waals surface area contributed by atoms with Crippen molar-refractivity contribution in [2.24, 2.45) is 0 Å². The smallest absolute Gasteiger partial charge is 0.178 e. The van der Waals surface area contributed by atoms with Crippen molar-refractivity contribution in [1.82, 2.24) is 14.5 Å². The molecular formula is C16H23N3S. The van der Waals surface area contributed by atoms with E-state index in [1.165, 1.54) is 55.5 Å². The number of benzene rings is 1. The quantitative estimate of drug-likeness (QED) is 0.862. The van der Waals surface area contributed by atoms with Crippen molar-refractivity contribution in [1.29, 1.82) is 0 Å². The Balaban J connectivity index is 1.90. The molecule has 1 aromatic carbocycles. The summed E-state index contributed by atoms with van der Waals surface area (Å²) in [6.45, 7) is 8.01. The summed E-state index contributed by atoms with van der Waals surface area (Å²) in [5.74, 6) is 0. The molecule has 0 spiro atoms. The first-order valence-corrected chi connectivity index (χ1v) is 8.03. The third kappa shape index (κ3) is 2.42. The minimum Gasteiger partial charge on any atom is -0.330 e. The Bertz CT molecular complexity index is 647. The highest BCUT2D eigenvalue weighted by Crippen LogP contribution is 2.28. The van der Waals surface area contributed by atoms with Crippen LogP contribution in [0.5, 0.6) is 0 Å². The Hall–Kier alpha value is -1.13. The van der Waals surface area contributed by atoms with E-state index >= 15 is 0 Å². The van der Waals surface area contributed by atoms with E-state index < -0.39 is 0 Å². The van der Waals surface area contributed by atoms with Crippen molar-refractivity contribution in [2.75, 3.05) is 19.6 Å². The highest BCUT2D eigenvalue weighted by atomic mass is 32.1. The van der Waals surface area contributed by atoms with Crippen LogP contribution in [0.3, 0.4) is 0 Å². The van der Waals surface area contributed by atoms with E-state index in [4.69, 9.17) is 12.2 Å². The molecule has 2 aromatic rings. The summed E-state index contributed by atoms with van der Waals surface area (Å²) >= 11 is 5.57. The lowest BCUT2D eigenvalue weighted by Crippen LogP contribution is -2.35. The Kier molecular flexibility index (Phi) is 3.94. The van der Waals surface area contributed by atoms with Crippen LogP contribution in [0.15, 0.2) is 18.2 Å². The second kappa shape index (κ2) is 5.70. The number of aromatic amines is 1. The van der Waals surface area contributed by atoms with E-state index in [0.717, 1.165) is 4.77 Å². The number of para-hydroxylation sites is 1. The van der Waals surface area contributed by atoms with Crippen LogP contribution in [-0.2, 0) is 0 Å². The molecular weight excluding hydrogens is 266 g/mol. The number of piperidine rings is 1. The average molecular weight is 289 g/mol. The Morgan fingerprint density at radius 2 is 2.05 bits per heavy atom. The molecule has 1 fully saturated rings. The van der Waals surface area contributed by atoms with Gasteiger partial charge in [-0.25, -0.2) is 0 Å². The fourth-order valence-corrected chi connectivity index (χ4v) is 3.72. The Labute approximate surface area is 125 Å². The van der Waals surface area contributed by atoms with Gasteiger partial charge in [0.2, 0.25) is 0 Å². The topological polar surface area (TPSA) is 24.0 Å². The lowest BCUT2D eigenvalue weighted by molar-refractivity contribution is 0.188.